The summed E-state index contributed by atoms with van der Waals surface area (Å²) in [6.45, 7) is 9.43. The van der Waals surface area contributed by atoms with Crippen LogP contribution in [0.25, 0.3) is 0 Å². The van der Waals surface area contributed by atoms with E-state index in [1.807, 2.05) is 27.7 Å². The van der Waals surface area contributed by atoms with E-state index in [2.05, 4.69) is 51.2 Å². The number of anilines is 4. The highest BCUT2D eigenvalue weighted by Crippen LogP contribution is 2.10. The maximum absolute atomic E-state index is 5.68. The average Bonchev–Trinajstić information content (AvgIpc) is 2.54. The fraction of sp³-hybridized carbons (Fsp3) is 0.571. The number of nitrogens with one attached hydrogen (secondary N) is 4. The molecular formula is C14H24Cl2N10. The first kappa shape index (κ1) is 21.8. The molecule has 2 aromatic heterocycles. The first-order valence-electron chi connectivity index (χ1n) is 8.13. The topological polar surface area (TPSA) is 125 Å². The Balaban J connectivity index is 0.000000260. The smallest absolute Gasteiger partial charge is 0.228 e. The van der Waals surface area contributed by atoms with Gasteiger partial charge in [0.15, 0.2) is 0 Å². The lowest BCUT2D eigenvalue weighted by Gasteiger charge is -2.08. The van der Waals surface area contributed by atoms with Gasteiger partial charge in [0.25, 0.3) is 0 Å². The van der Waals surface area contributed by atoms with Crippen LogP contribution in [0.2, 0.25) is 10.6 Å². The monoisotopic (exact) mass is 402 g/mol. The Labute approximate surface area is 163 Å². The van der Waals surface area contributed by atoms with E-state index in [9.17, 15) is 0 Å². The van der Waals surface area contributed by atoms with Crippen molar-refractivity contribution in [1.82, 2.24) is 29.9 Å². The van der Waals surface area contributed by atoms with Crippen LogP contribution in [0.15, 0.2) is 0 Å². The summed E-state index contributed by atoms with van der Waals surface area (Å²) in [5, 5.41) is 12.1. The summed E-state index contributed by atoms with van der Waals surface area (Å²) in [6.07, 6.45) is 0. The molecule has 0 aromatic carbocycles. The van der Waals surface area contributed by atoms with Crippen molar-refractivity contribution in [2.24, 2.45) is 0 Å². The largest absolute Gasteiger partial charge is 0.357 e. The van der Waals surface area contributed by atoms with E-state index in [1.165, 1.54) is 0 Å². The van der Waals surface area contributed by atoms with Gasteiger partial charge in [0.2, 0.25) is 34.4 Å². The van der Waals surface area contributed by atoms with E-state index in [0.29, 0.717) is 23.8 Å². The van der Waals surface area contributed by atoms with Crippen LogP contribution in [-0.4, -0.2) is 56.1 Å². The number of hydrogen-bond acceptors (Lipinski definition) is 10. The second-order valence-electron chi connectivity index (χ2n) is 5.11. The summed E-state index contributed by atoms with van der Waals surface area (Å²) in [4.78, 5) is 23.7. The Morgan fingerprint density at radius 3 is 1.58 bits per heavy atom. The van der Waals surface area contributed by atoms with Crippen LogP contribution >= 0.6 is 23.2 Å². The minimum absolute atomic E-state index is 0.183. The molecule has 12 heteroatoms. The van der Waals surface area contributed by atoms with Gasteiger partial charge < -0.3 is 21.3 Å². The number of halogens is 2. The summed E-state index contributed by atoms with van der Waals surface area (Å²) < 4.78 is 0. The molecule has 2 heterocycles. The normalized spacial score (nSPS) is 10.0. The molecule has 0 saturated carbocycles. The summed E-state index contributed by atoms with van der Waals surface area (Å²) in [6, 6.07) is 0.267. The summed E-state index contributed by atoms with van der Waals surface area (Å²) in [5.74, 6) is 1.94. The minimum atomic E-state index is 0.183. The molecule has 0 aliphatic carbocycles. The Bertz CT molecular complexity index is 659. The van der Waals surface area contributed by atoms with Crippen LogP contribution in [0.1, 0.15) is 27.7 Å². The van der Waals surface area contributed by atoms with Crippen LogP contribution in [0.5, 0.6) is 0 Å². The third-order valence-corrected chi connectivity index (χ3v) is 2.87. The lowest BCUT2D eigenvalue weighted by Crippen LogP contribution is -2.13. The molecule has 144 valence electrons. The molecule has 0 saturated heterocycles. The quantitative estimate of drug-likeness (QED) is 0.548. The van der Waals surface area contributed by atoms with Crippen molar-refractivity contribution in [2.45, 2.75) is 33.7 Å². The second kappa shape index (κ2) is 11.4. The standard InChI is InChI=1S/2C7H12ClN5/c1-4(2)10-7-12-5(8)11-6(9-3)13-7;1-3-9-6-11-5(8)12-7(13-6)10-4-2/h4H,1-3H3,(H2,9,10,11,12,13);3-4H2,1-2H3,(H2,9,10,11,12,13). The van der Waals surface area contributed by atoms with E-state index in [4.69, 9.17) is 23.2 Å². The Morgan fingerprint density at radius 2 is 1.15 bits per heavy atom. The molecule has 0 bridgehead atoms. The average molecular weight is 403 g/mol. The lowest BCUT2D eigenvalue weighted by atomic mass is 10.4. The maximum atomic E-state index is 5.68. The Morgan fingerprint density at radius 1 is 0.731 bits per heavy atom. The Hall–Kier alpha value is -2.20. The number of aromatic nitrogens is 6. The van der Waals surface area contributed by atoms with Gasteiger partial charge in [-0.05, 0) is 50.9 Å². The van der Waals surface area contributed by atoms with E-state index < -0.39 is 0 Å². The molecular weight excluding hydrogens is 379 g/mol. The third-order valence-electron chi connectivity index (χ3n) is 2.53. The van der Waals surface area contributed by atoms with Gasteiger partial charge in [0, 0.05) is 26.2 Å². The molecule has 4 N–H and O–H groups in total. The van der Waals surface area contributed by atoms with Crippen molar-refractivity contribution in [1.29, 1.82) is 0 Å². The van der Waals surface area contributed by atoms with Crippen molar-refractivity contribution in [3.05, 3.63) is 10.6 Å². The van der Waals surface area contributed by atoms with E-state index in [1.54, 1.807) is 7.05 Å². The molecule has 0 spiro atoms. The zero-order chi connectivity index (χ0) is 19.5. The van der Waals surface area contributed by atoms with Crippen molar-refractivity contribution < 1.29 is 0 Å². The van der Waals surface area contributed by atoms with Gasteiger partial charge in [-0.15, -0.1) is 0 Å². The number of nitrogens with zero attached hydrogens (tertiary/aromatic N) is 6. The molecule has 0 unspecified atom stereocenters. The highest BCUT2D eigenvalue weighted by atomic mass is 35.5. The number of hydrogen-bond donors (Lipinski definition) is 4. The summed E-state index contributed by atoms with van der Waals surface area (Å²) in [5.41, 5.74) is 0. The van der Waals surface area contributed by atoms with Crippen molar-refractivity contribution >= 4 is 47.0 Å². The first-order chi connectivity index (χ1) is 12.4. The van der Waals surface area contributed by atoms with Gasteiger partial charge >= 0.3 is 0 Å². The molecule has 26 heavy (non-hydrogen) atoms. The zero-order valence-corrected chi connectivity index (χ0v) is 16.9. The van der Waals surface area contributed by atoms with E-state index in [-0.39, 0.29) is 16.6 Å². The van der Waals surface area contributed by atoms with Crippen LogP contribution in [0, 0.1) is 0 Å². The van der Waals surface area contributed by atoms with Gasteiger partial charge in [-0.3, -0.25) is 0 Å². The molecule has 2 rings (SSSR count). The summed E-state index contributed by atoms with van der Waals surface area (Å²) >= 11 is 11.3. The van der Waals surface area contributed by atoms with Gasteiger partial charge in [-0.2, -0.15) is 29.9 Å². The fourth-order valence-electron chi connectivity index (χ4n) is 1.61. The SMILES string of the molecule is CCNc1nc(Cl)nc(NCC)n1.CNc1nc(Cl)nc(NC(C)C)n1. The molecule has 0 radical (unpaired) electrons. The highest BCUT2D eigenvalue weighted by Gasteiger charge is 2.04. The summed E-state index contributed by atoms with van der Waals surface area (Å²) in [7, 11) is 1.73. The van der Waals surface area contributed by atoms with Crippen molar-refractivity contribution in [3.8, 4) is 0 Å². The van der Waals surface area contributed by atoms with Crippen LogP contribution in [-0.2, 0) is 0 Å². The van der Waals surface area contributed by atoms with E-state index in [0.717, 1.165) is 13.1 Å². The lowest BCUT2D eigenvalue weighted by molar-refractivity contribution is 0.867. The zero-order valence-electron chi connectivity index (χ0n) is 15.4. The van der Waals surface area contributed by atoms with Crippen molar-refractivity contribution in [2.75, 3.05) is 41.4 Å². The van der Waals surface area contributed by atoms with Gasteiger partial charge in [0.1, 0.15) is 0 Å². The minimum Gasteiger partial charge on any atom is -0.357 e. The fourth-order valence-corrected chi connectivity index (χ4v) is 1.93. The predicted octanol–water partition coefficient (Wildman–Crippen LogP) is 2.78. The van der Waals surface area contributed by atoms with Crippen LogP contribution < -0.4 is 21.3 Å². The molecule has 10 nitrogen and oxygen atoms in total. The molecule has 0 amide bonds. The molecule has 0 aliphatic rings. The van der Waals surface area contributed by atoms with Crippen LogP contribution in [0.4, 0.5) is 23.8 Å². The maximum Gasteiger partial charge on any atom is 0.228 e. The molecule has 0 atom stereocenters. The van der Waals surface area contributed by atoms with Gasteiger partial charge in [-0.25, -0.2) is 0 Å². The van der Waals surface area contributed by atoms with Crippen LogP contribution in [0.3, 0.4) is 0 Å². The predicted molar refractivity (Wildman–Crippen MR) is 106 cm³/mol. The molecule has 0 aliphatic heterocycles. The third kappa shape index (κ3) is 8.26. The molecule has 0 fully saturated rings. The van der Waals surface area contributed by atoms with Gasteiger partial charge in [0.05, 0.1) is 0 Å². The molecule has 2 aromatic rings. The Kier molecular flexibility index (Phi) is 9.60. The highest BCUT2D eigenvalue weighted by molar-refractivity contribution is 6.28. The van der Waals surface area contributed by atoms with E-state index >= 15 is 0 Å². The second-order valence-corrected chi connectivity index (χ2v) is 5.79. The number of rotatable bonds is 7. The van der Waals surface area contributed by atoms with Gasteiger partial charge in [-0.1, -0.05) is 0 Å². The van der Waals surface area contributed by atoms with Crippen molar-refractivity contribution in [3.63, 3.8) is 0 Å². The first-order valence-corrected chi connectivity index (χ1v) is 8.88.